The SMILES string of the molecule is CC(CNC(C)(C)C)CN(C)CCc1ccccn1. The fraction of sp³-hybridized carbons (Fsp3) is 0.688. The zero-order valence-electron chi connectivity index (χ0n) is 13.1. The lowest BCUT2D eigenvalue weighted by molar-refractivity contribution is 0.269. The highest BCUT2D eigenvalue weighted by molar-refractivity contribution is 5.03. The van der Waals surface area contributed by atoms with Crippen molar-refractivity contribution in [2.75, 3.05) is 26.7 Å². The van der Waals surface area contributed by atoms with E-state index in [0.717, 1.165) is 26.1 Å². The summed E-state index contributed by atoms with van der Waals surface area (Å²) in [6.45, 7) is 12.2. The number of likely N-dealkylation sites (N-methyl/N-ethyl adjacent to an activating group) is 1. The maximum atomic E-state index is 4.36. The van der Waals surface area contributed by atoms with Crippen molar-refractivity contribution in [1.82, 2.24) is 15.2 Å². The summed E-state index contributed by atoms with van der Waals surface area (Å²) in [5.74, 6) is 0.660. The maximum Gasteiger partial charge on any atom is 0.0416 e. The first-order chi connectivity index (χ1) is 8.87. The van der Waals surface area contributed by atoms with Crippen LogP contribution in [0.1, 0.15) is 33.4 Å². The summed E-state index contributed by atoms with van der Waals surface area (Å²) in [5.41, 5.74) is 1.38. The number of nitrogens with zero attached hydrogens (tertiary/aromatic N) is 2. The summed E-state index contributed by atoms with van der Waals surface area (Å²) in [4.78, 5) is 6.75. The molecule has 0 aliphatic heterocycles. The van der Waals surface area contributed by atoms with Gasteiger partial charge in [-0.1, -0.05) is 13.0 Å². The van der Waals surface area contributed by atoms with Crippen molar-refractivity contribution in [2.24, 2.45) is 5.92 Å². The van der Waals surface area contributed by atoms with E-state index in [9.17, 15) is 0 Å². The van der Waals surface area contributed by atoms with Crippen molar-refractivity contribution in [2.45, 2.75) is 39.7 Å². The van der Waals surface area contributed by atoms with E-state index in [1.165, 1.54) is 5.69 Å². The van der Waals surface area contributed by atoms with Crippen LogP contribution in [0.15, 0.2) is 24.4 Å². The molecule has 3 nitrogen and oxygen atoms in total. The van der Waals surface area contributed by atoms with Gasteiger partial charge in [-0.25, -0.2) is 0 Å². The average Bonchev–Trinajstić information content (AvgIpc) is 2.34. The maximum absolute atomic E-state index is 4.36. The van der Waals surface area contributed by atoms with Crippen LogP contribution in [0.3, 0.4) is 0 Å². The summed E-state index contributed by atoms with van der Waals surface area (Å²) in [6.07, 6.45) is 2.89. The predicted octanol–water partition coefficient (Wildman–Crippen LogP) is 2.58. The average molecular weight is 263 g/mol. The molecule has 0 saturated carbocycles. The molecule has 1 unspecified atom stereocenters. The molecule has 3 heteroatoms. The van der Waals surface area contributed by atoms with E-state index in [-0.39, 0.29) is 5.54 Å². The minimum absolute atomic E-state index is 0.209. The largest absolute Gasteiger partial charge is 0.312 e. The number of aromatic nitrogens is 1. The molecule has 0 aliphatic carbocycles. The summed E-state index contributed by atoms with van der Waals surface area (Å²) in [5, 5.41) is 3.56. The summed E-state index contributed by atoms with van der Waals surface area (Å²) < 4.78 is 0. The lowest BCUT2D eigenvalue weighted by Gasteiger charge is -2.26. The molecule has 108 valence electrons. The Hall–Kier alpha value is -0.930. The molecule has 0 aromatic carbocycles. The van der Waals surface area contributed by atoms with Crippen molar-refractivity contribution >= 4 is 0 Å². The zero-order valence-corrected chi connectivity index (χ0v) is 13.1. The smallest absolute Gasteiger partial charge is 0.0416 e. The molecule has 0 bridgehead atoms. The van der Waals surface area contributed by atoms with Crippen LogP contribution < -0.4 is 5.32 Å². The third kappa shape index (κ3) is 7.96. The molecule has 0 spiro atoms. The van der Waals surface area contributed by atoms with Crippen molar-refractivity contribution in [3.05, 3.63) is 30.1 Å². The quantitative estimate of drug-likeness (QED) is 0.819. The number of nitrogens with one attached hydrogen (secondary N) is 1. The third-order valence-corrected chi connectivity index (χ3v) is 3.08. The lowest BCUT2D eigenvalue weighted by atomic mass is 10.1. The first-order valence-corrected chi connectivity index (χ1v) is 7.20. The Morgan fingerprint density at radius 3 is 2.63 bits per heavy atom. The van der Waals surface area contributed by atoms with E-state index in [4.69, 9.17) is 0 Å². The number of rotatable bonds is 7. The van der Waals surface area contributed by atoms with Crippen LogP contribution in [0.5, 0.6) is 0 Å². The van der Waals surface area contributed by atoms with Gasteiger partial charge in [-0.15, -0.1) is 0 Å². The normalized spacial score (nSPS) is 13.8. The number of pyridine rings is 1. The van der Waals surface area contributed by atoms with Gasteiger partial charge in [0.2, 0.25) is 0 Å². The van der Waals surface area contributed by atoms with E-state index in [1.807, 2.05) is 12.3 Å². The van der Waals surface area contributed by atoms with Gasteiger partial charge in [0.05, 0.1) is 0 Å². The highest BCUT2D eigenvalue weighted by Gasteiger charge is 2.12. The Morgan fingerprint density at radius 1 is 1.32 bits per heavy atom. The molecular weight excluding hydrogens is 234 g/mol. The van der Waals surface area contributed by atoms with Crippen molar-refractivity contribution < 1.29 is 0 Å². The van der Waals surface area contributed by atoms with Gasteiger partial charge in [0.1, 0.15) is 0 Å². The zero-order chi connectivity index (χ0) is 14.3. The fourth-order valence-electron chi connectivity index (χ4n) is 2.02. The molecule has 1 rings (SSSR count). The van der Waals surface area contributed by atoms with E-state index >= 15 is 0 Å². The molecule has 1 heterocycles. The minimum atomic E-state index is 0.209. The molecule has 1 N–H and O–H groups in total. The fourth-order valence-corrected chi connectivity index (χ4v) is 2.02. The van der Waals surface area contributed by atoms with Crippen molar-refractivity contribution in [3.63, 3.8) is 0 Å². The van der Waals surface area contributed by atoms with Crippen LogP contribution in [0.2, 0.25) is 0 Å². The van der Waals surface area contributed by atoms with E-state index in [1.54, 1.807) is 0 Å². The molecule has 0 radical (unpaired) electrons. The Kier molecular flexibility index (Phi) is 6.46. The molecule has 19 heavy (non-hydrogen) atoms. The standard InChI is InChI=1S/C16H29N3/c1-14(12-18-16(2,3)4)13-19(5)11-9-15-8-6-7-10-17-15/h6-8,10,14,18H,9,11-13H2,1-5H3. The molecule has 0 fully saturated rings. The van der Waals surface area contributed by atoms with Crippen molar-refractivity contribution in [1.29, 1.82) is 0 Å². The number of hydrogen-bond acceptors (Lipinski definition) is 3. The van der Waals surface area contributed by atoms with Gasteiger partial charge in [0.15, 0.2) is 0 Å². The van der Waals surface area contributed by atoms with Crippen molar-refractivity contribution in [3.8, 4) is 0 Å². The second-order valence-corrected chi connectivity index (χ2v) is 6.57. The van der Waals surface area contributed by atoms with Gasteiger partial charge in [0, 0.05) is 36.9 Å². The Morgan fingerprint density at radius 2 is 2.05 bits per heavy atom. The molecule has 1 aromatic heterocycles. The van der Waals surface area contributed by atoms with E-state index in [0.29, 0.717) is 5.92 Å². The van der Waals surface area contributed by atoms with Crippen LogP contribution in [0.4, 0.5) is 0 Å². The first kappa shape index (κ1) is 16.1. The van der Waals surface area contributed by atoms with Crippen LogP contribution in [0, 0.1) is 5.92 Å². The van der Waals surface area contributed by atoms with Crippen LogP contribution in [-0.4, -0.2) is 42.1 Å². The molecule has 1 aromatic rings. The second kappa shape index (κ2) is 7.61. The monoisotopic (exact) mass is 263 g/mol. The van der Waals surface area contributed by atoms with Gasteiger partial charge < -0.3 is 10.2 Å². The topological polar surface area (TPSA) is 28.2 Å². The highest BCUT2D eigenvalue weighted by Crippen LogP contribution is 2.04. The molecule has 0 amide bonds. The molecule has 0 aliphatic rings. The summed E-state index contributed by atoms with van der Waals surface area (Å²) >= 11 is 0. The van der Waals surface area contributed by atoms with Crippen LogP contribution in [0.25, 0.3) is 0 Å². The molecule has 1 atom stereocenters. The van der Waals surface area contributed by atoms with E-state index in [2.05, 4.69) is 62.1 Å². The van der Waals surface area contributed by atoms with Crippen LogP contribution in [-0.2, 0) is 6.42 Å². The van der Waals surface area contributed by atoms with Gasteiger partial charge >= 0.3 is 0 Å². The van der Waals surface area contributed by atoms with E-state index < -0.39 is 0 Å². The highest BCUT2D eigenvalue weighted by atomic mass is 15.1. The van der Waals surface area contributed by atoms with Gasteiger partial charge in [-0.05, 0) is 52.4 Å². The summed E-state index contributed by atoms with van der Waals surface area (Å²) in [6, 6.07) is 6.12. The van der Waals surface area contributed by atoms with Gasteiger partial charge in [0.25, 0.3) is 0 Å². The first-order valence-electron chi connectivity index (χ1n) is 7.20. The third-order valence-electron chi connectivity index (χ3n) is 3.08. The summed E-state index contributed by atoms with van der Waals surface area (Å²) in [7, 11) is 2.19. The Labute approximate surface area is 118 Å². The predicted molar refractivity (Wildman–Crippen MR) is 82.4 cm³/mol. The Bertz CT molecular complexity index is 343. The lowest BCUT2D eigenvalue weighted by Crippen LogP contribution is -2.41. The van der Waals surface area contributed by atoms with Gasteiger partial charge in [-0.3, -0.25) is 4.98 Å². The molecule has 0 saturated heterocycles. The number of hydrogen-bond donors (Lipinski definition) is 1. The Balaban J connectivity index is 2.21. The molecular formula is C16H29N3. The second-order valence-electron chi connectivity index (χ2n) is 6.57. The van der Waals surface area contributed by atoms with Gasteiger partial charge in [-0.2, -0.15) is 0 Å². The minimum Gasteiger partial charge on any atom is -0.312 e. The van der Waals surface area contributed by atoms with Crippen LogP contribution >= 0.6 is 0 Å².